The molecule has 0 aromatic rings. The van der Waals surface area contributed by atoms with Gasteiger partial charge in [0.1, 0.15) is 0 Å². The fraction of sp³-hybridized carbons (Fsp3) is 0.900. The van der Waals surface area contributed by atoms with Crippen LogP contribution in [0.25, 0.3) is 0 Å². The summed E-state index contributed by atoms with van der Waals surface area (Å²) < 4.78 is 29.8. The number of methoxy groups -OCH3 is 1. The Labute approximate surface area is 102 Å². The highest BCUT2D eigenvalue weighted by molar-refractivity contribution is 7.90. The van der Waals surface area contributed by atoms with E-state index in [9.17, 15) is 18.3 Å². The molecule has 1 aliphatic rings. The Bertz CT molecular complexity index is 378. The van der Waals surface area contributed by atoms with Gasteiger partial charge < -0.3 is 9.84 Å². The maximum absolute atomic E-state index is 12.0. The van der Waals surface area contributed by atoms with Crippen LogP contribution < -0.4 is 0 Å². The van der Waals surface area contributed by atoms with E-state index in [0.717, 1.165) is 7.11 Å². The minimum absolute atomic E-state index is 0.0605. The zero-order valence-corrected chi connectivity index (χ0v) is 11.1. The third kappa shape index (κ3) is 2.97. The van der Waals surface area contributed by atoms with E-state index >= 15 is 0 Å². The van der Waals surface area contributed by atoms with Crippen LogP contribution in [0.15, 0.2) is 0 Å². The third-order valence-electron chi connectivity index (χ3n) is 3.21. The van der Waals surface area contributed by atoms with Crippen LogP contribution in [0.3, 0.4) is 0 Å². The standard InChI is InChI=1S/C10H19NO5S/c1-7(12)9-4-5-11(6-9)17(14,15)8(2)10(13)16-3/h7-9,12H,4-6H2,1-3H3. The molecule has 0 amide bonds. The van der Waals surface area contributed by atoms with Gasteiger partial charge in [-0.1, -0.05) is 0 Å². The van der Waals surface area contributed by atoms with E-state index in [1.54, 1.807) is 6.92 Å². The molecule has 17 heavy (non-hydrogen) atoms. The summed E-state index contributed by atoms with van der Waals surface area (Å²) in [5, 5.41) is 8.22. The predicted molar refractivity (Wildman–Crippen MR) is 61.8 cm³/mol. The van der Waals surface area contributed by atoms with Crippen LogP contribution in [-0.4, -0.2) is 55.4 Å². The molecule has 0 aliphatic carbocycles. The summed E-state index contributed by atoms with van der Waals surface area (Å²) in [5.74, 6) is -0.819. The van der Waals surface area contributed by atoms with Crippen LogP contribution in [-0.2, 0) is 19.6 Å². The van der Waals surface area contributed by atoms with Gasteiger partial charge in [0, 0.05) is 13.1 Å². The van der Waals surface area contributed by atoms with Gasteiger partial charge in [0.15, 0.2) is 5.25 Å². The van der Waals surface area contributed by atoms with Crippen LogP contribution in [0.1, 0.15) is 20.3 Å². The highest BCUT2D eigenvalue weighted by atomic mass is 32.2. The van der Waals surface area contributed by atoms with Gasteiger partial charge in [0.05, 0.1) is 13.2 Å². The van der Waals surface area contributed by atoms with Gasteiger partial charge in [-0.25, -0.2) is 12.7 Å². The maximum atomic E-state index is 12.0. The monoisotopic (exact) mass is 265 g/mol. The summed E-state index contributed by atoms with van der Waals surface area (Å²) in [6, 6.07) is 0. The van der Waals surface area contributed by atoms with Crippen LogP contribution in [0.2, 0.25) is 0 Å². The molecule has 0 radical (unpaired) electrons. The molecule has 0 aromatic heterocycles. The lowest BCUT2D eigenvalue weighted by Gasteiger charge is -2.20. The zero-order chi connectivity index (χ0) is 13.2. The van der Waals surface area contributed by atoms with Crippen LogP contribution in [0, 0.1) is 5.92 Å². The Morgan fingerprint density at radius 1 is 1.47 bits per heavy atom. The smallest absolute Gasteiger partial charge is 0.325 e. The first-order valence-electron chi connectivity index (χ1n) is 5.55. The Balaban J connectivity index is 2.77. The van der Waals surface area contributed by atoms with Crippen molar-refractivity contribution in [2.24, 2.45) is 5.92 Å². The van der Waals surface area contributed by atoms with Crippen molar-refractivity contribution in [2.45, 2.75) is 31.6 Å². The summed E-state index contributed by atoms with van der Waals surface area (Å²) in [5.41, 5.74) is 0. The number of ether oxygens (including phenoxy) is 1. The Hall–Kier alpha value is -0.660. The average Bonchev–Trinajstić information content (AvgIpc) is 2.76. The second-order valence-corrected chi connectivity index (χ2v) is 6.61. The van der Waals surface area contributed by atoms with Gasteiger partial charge in [0.25, 0.3) is 0 Å². The summed E-state index contributed by atoms with van der Waals surface area (Å²) >= 11 is 0. The molecule has 3 unspecified atom stereocenters. The number of sulfonamides is 1. The maximum Gasteiger partial charge on any atom is 0.325 e. The molecule has 100 valence electrons. The molecule has 1 aliphatic heterocycles. The second-order valence-electron chi connectivity index (χ2n) is 4.36. The molecule has 6 nitrogen and oxygen atoms in total. The first-order valence-corrected chi connectivity index (χ1v) is 7.06. The summed E-state index contributed by atoms with van der Waals surface area (Å²) in [6.07, 6.45) is 0.0776. The van der Waals surface area contributed by atoms with Crippen molar-refractivity contribution in [3.8, 4) is 0 Å². The van der Waals surface area contributed by atoms with Crippen LogP contribution in [0.5, 0.6) is 0 Å². The van der Waals surface area contributed by atoms with Crippen molar-refractivity contribution < 1.29 is 23.1 Å². The molecular formula is C10H19NO5S. The number of nitrogens with zero attached hydrogens (tertiary/aromatic N) is 1. The topological polar surface area (TPSA) is 83.9 Å². The zero-order valence-electron chi connectivity index (χ0n) is 10.3. The summed E-state index contributed by atoms with van der Waals surface area (Å²) in [7, 11) is -2.51. The van der Waals surface area contributed by atoms with Gasteiger partial charge in [-0.15, -0.1) is 0 Å². The quantitative estimate of drug-likeness (QED) is 0.698. The van der Waals surface area contributed by atoms with E-state index in [1.807, 2.05) is 0 Å². The van der Waals surface area contributed by atoms with Crippen molar-refractivity contribution in [1.29, 1.82) is 0 Å². The number of esters is 1. The lowest BCUT2D eigenvalue weighted by atomic mass is 10.0. The Kier molecular flexibility index (Phi) is 4.51. The lowest BCUT2D eigenvalue weighted by molar-refractivity contribution is -0.139. The number of aliphatic hydroxyl groups is 1. The highest BCUT2D eigenvalue weighted by Gasteiger charge is 2.39. The molecule has 1 saturated heterocycles. The highest BCUT2D eigenvalue weighted by Crippen LogP contribution is 2.24. The van der Waals surface area contributed by atoms with Crippen molar-refractivity contribution in [3.63, 3.8) is 0 Å². The molecule has 0 bridgehead atoms. The minimum atomic E-state index is -3.67. The number of hydrogen-bond acceptors (Lipinski definition) is 5. The Morgan fingerprint density at radius 3 is 2.47 bits per heavy atom. The summed E-state index contributed by atoms with van der Waals surface area (Å²) in [4.78, 5) is 11.3. The van der Waals surface area contributed by atoms with Crippen molar-refractivity contribution in [2.75, 3.05) is 20.2 Å². The lowest BCUT2D eigenvalue weighted by Crippen LogP contribution is -2.40. The van der Waals surface area contributed by atoms with Crippen molar-refractivity contribution >= 4 is 16.0 Å². The molecule has 1 rings (SSSR count). The van der Waals surface area contributed by atoms with Gasteiger partial charge >= 0.3 is 5.97 Å². The van der Waals surface area contributed by atoms with E-state index in [4.69, 9.17) is 0 Å². The molecular weight excluding hydrogens is 246 g/mol. The largest absolute Gasteiger partial charge is 0.468 e. The third-order valence-corrected chi connectivity index (χ3v) is 5.35. The van der Waals surface area contributed by atoms with Gasteiger partial charge in [-0.3, -0.25) is 4.79 Å². The molecule has 0 saturated carbocycles. The SMILES string of the molecule is COC(=O)C(C)S(=O)(=O)N1CCC(C(C)O)C1. The van der Waals surface area contributed by atoms with Crippen molar-refractivity contribution in [1.82, 2.24) is 4.31 Å². The van der Waals surface area contributed by atoms with E-state index in [2.05, 4.69) is 4.74 Å². The number of carbonyl (C=O) groups excluding carboxylic acids is 1. The summed E-state index contributed by atoms with van der Waals surface area (Å²) in [6.45, 7) is 3.57. The normalized spacial score (nSPS) is 25.5. The number of rotatable bonds is 4. The van der Waals surface area contributed by atoms with Gasteiger partial charge in [0.2, 0.25) is 10.0 Å². The molecule has 1 heterocycles. The fourth-order valence-corrected chi connectivity index (χ4v) is 3.44. The minimum Gasteiger partial charge on any atom is -0.468 e. The number of aliphatic hydroxyl groups excluding tert-OH is 1. The van der Waals surface area contributed by atoms with Crippen LogP contribution in [0.4, 0.5) is 0 Å². The first kappa shape index (κ1) is 14.4. The number of carbonyl (C=O) groups is 1. The second kappa shape index (κ2) is 5.32. The predicted octanol–water partition coefficient (Wildman–Crippen LogP) is -0.420. The van der Waals surface area contributed by atoms with Crippen LogP contribution >= 0.6 is 0 Å². The van der Waals surface area contributed by atoms with E-state index in [1.165, 1.54) is 11.2 Å². The van der Waals surface area contributed by atoms with Crippen molar-refractivity contribution in [3.05, 3.63) is 0 Å². The number of hydrogen-bond donors (Lipinski definition) is 1. The molecule has 1 N–H and O–H groups in total. The van der Waals surface area contributed by atoms with E-state index in [-0.39, 0.29) is 12.5 Å². The molecule has 1 fully saturated rings. The fourth-order valence-electron chi connectivity index (χ4n) is 1.89. The molecule has 7 heteroatoms. The molecule has 0 spiro atoms. The average molecular weight is 265 g/mol. The first-order chi connectivity index (χ1) is 7.80. The van der Waals surface area contributed by atoms with E-state index in [0.29, 0.717) is 13.0 Å². The Morgan fingerprint density at radius 2 is 2.06 bits per heavy atom. The molecule has 0 aromatic carbocycles. The van der Waals surface area contributed by atoms with E-state index < -0.39 is 27.3 Å². The van der Waals surface area contributed by atoms with Gasteiger partial charge in [-0.05, 0) is 26.2 Å². The van der Waals surface area contributed by atoms with Gasteiger partial charge in [-0.2, -0.15) is 0 Å². The molecule has 3 atom stereocenters.